The van der Waals surface area contributed by atoms with Crippen LogP contribution in [0.4, 0.5) is 5.69 Å². The lowest BCUT2D eigenvalue weighted by Crippen LogP contribution is -2.05. The van der Waals surface area contributed by atoms with Crippen LogP contribution in [0.1, 0.15) is 10.4 Å². The highest BCUT2D eigenvalue weighted by Gasteiger charge is 2.15. The molecule has 3 nitrogen and oxygen atoms in total. The Bertz CT molecular complexity index is 378. The Balaban J connectivity index is 3.50. The van der Waals surface area contributed by atoms with Gasteiger partial charge in [-0.05, 0) is 73.8 Å². The molecule has 13 heavy (non-hydrogen) atoms. The molecule has 0 aromatic heterocycles. The minimum absolute atomic E-state index is 0.267. The average Bonchev–Trinajstić information content (AvgIpc) is 2.07. The SMILES string of the molecule is Nc1cc(C(=O)O)c(I)c(I)c1I. The van der Waals surface area contributed by atoms with Crippen molar-refractivity contribution in [3.05, 3.63) is 22.3 Å². The molecular weight excluding hydrogens is 511 g/mol. The number of nitrogens with two attached hydrogens (primary N) is 1. The summed E-state index contributed by atoms with van der Waals surface area (Å²) in [6.45, 7) is 0. The molecule has 0 amide bonds. The first-order chi connectivity index (χ1) is 5.95. The summed E-state index contributed by atoms with van der Waals surface area (Å²) in [4.78, 5) is 10.8. The summed E-state index contributed by atoms with van der Waals surface area (Å²) in [7, 11) is 0. The van der Waals surface area contributed by atoms with E-state index >= 15 is 0 Å². The van der Waals surface area contributed by atoms with Gasteiger partial charge in [0.1, 0.15) is 0 Å². The molecule has 0 atom stereocenters. The third kappa shape index (κ3) is 2.37. The van der Waals surface area contributed by atoms with E-state index in [4.69, 9.17) is 10.8 Å². The molecule has 0 spiro atoms. The van der Waals surface area contributed by atoms with E-state index in [1.54, 1.807) is 0 Å². The van der Waals surface area contributed by atoms with Crippen molar-refractivity contribution in [3.8, 4) is 0 Å². The largest absolute Gasteiger partial charge is 0.478 e. The fraction of sp³-hybridized carbons (Fsp3) is 0. The molecule has 3 N–H and O–H groups in total. The first kappa shape index (κ1) is 11.8. The molecule has 0 aliphatic rings. The molecule has 1 aromatic rings. The summed E-state index contributed by atoms with van der Waals surface area (Å²) in [5.74, 6) is -0.939. The highest BCUT2D eigenvalue weighted by atomic mass is 127. The van der Waals surface area contributed by atoms with Gasteiger partial charge >= 0.3 is 5.97 Å². The molecule has 0 radical (unpaired) electrons. The number of carboxylic acid groups (broad SMARTS) is 1. The van der Waals surface area contributed by atoms with E-state index in [1.807, 2.05) is 22.6 Å². The molecule has 6 heteroatoms. The molecule has 1 rings (SSSR count). The minimum Gasteiger partial charge on any atom is -0.478 e. The number of carboxylic acids is 1. The smallest absolute Gasteiger partial charge is 0.336 e. The second kappa shape index (κ2) is 4.47. The monoisotopic (exact) mass is 515 g/mol. The fourth-order valence-corrected chi connectivity index (χ4v) is 2.98. The Labute approximate surface area is 116 Å². The average molecular weight is 515 g/mol. The maximum absolute atomic E-state index is 10.8. The van der Waals surface area contributed by atoms with Gasteiger partial charge < -0.3 is 10.8 Å². The predicted molar refractivity (Wildman–Crippen MR) is 76.0 cm³/mol. The van der Waals surface area contributed by atoms with Crippen molar-refractivity contribution in [1.82, 2.24) is 0 Å². The Hall–Kier alpha value is 0.680. The van der Waals surface area contributed by atoms with Gasteiger partial charge in [0.2, 0.25) is 0 Å². The van der Waals surface area contributed by atoms with Crippen molar-refractivity contribution < 1.29 is 9.90 Å². The second-order valence-corrected chi connectivity index (χ2v) is 5.50. The van der Waals surface area contributed by atoms with Crippen molar-refractivity contribution >= 4 is 79.4 Å². The van der Waals surface area contributed by atoms with E-state index in [9.17, 15) is 4.79 Å². The Morgan fingerprint density at radius 3 is 2.23 bits per heavy atom. The highest BCUT2D eigenvalue weighted by Crippen LogP contribution is 2.29. The molecule has 0 unspecified atom stereocenters. The zero-order valence-electron chi connectivity index (χ0n) is 6.14. The quantitative estimate of drug-likeness (QED) is 0.344. The van der Waals surface area contributed by atoms with Crippen LogP contribution in [-0.4, -0.2) is 11.1 Å². The first-order valence-electron chi connectivity index (χ1n) is 3.11. The van der Waals surface area contributed by atoms with E-state index in [-0.39, 0.29) is 5.56 Å². The van der Waals surface area contributed by atoms with Gasteiger partial charge in [0, 0.05) is 12.8 Å². The topological polar surface area (TPSA) is 63.3 Å². The molecule has 0 aliphatic carbocycles. The van der Waals surface area contributed by atoms with Gasteiger partial charge in [-0.25, -0.2) is 4.79 Å². The minimum atomic E-state index is -0.939. The molecule has 0 heterocycles. The first-order valence-corrected chi connectivity index (χ1v) is 6.35. The van der Waals surface area contributed by atoms with Gasteiger partial charge in [0.05, 0.1) is 9.13 Å². The maximum atomic E-state index is 10.8. The molecule has 1 aromatic carbocycles. The van der Waals surface area contributed by atoms with Crippen LogP contribution < -0.4 is 5.73 Å². The Kier molecular flexibility index (Phi) is 4.04. The number of anilines is 1. The molecule has 0 saturated carbocycles. The van der Waals surface area contributed by atoms with Crippen LogP contribution in [0.25, 0.3) is 0 Å². The number of hydrogen-bond donors (Lipinski definition) is 2. The van der Waals surface area contributed by atoms with Crippen molar-refractivity contribution in [2.75, 3.05) is 5.73 Å². The number of hydrogen-bond acceptors (Lipinski definition) is 2. The lowest BCUT2D eigenvalue weighted by Gasteiger charge is -2.06. The van der Waals surface area contributed by atoms with Crippen LogP contribution >= 0.6 is 67.8 Å². The molecule has 0 saturated heterocycles. The summed E-state index contributed by atoms with van der Waals surface area (Å²) in [5.41, 5.74) is 6.43. The normalized spacial score (nSPS) is 10.1. The number of benzene rings is 1. The van der Waals surface area contributed by atoms with Crippen molar-refractivity contribution in [2.45, 2.75) is 0 Å². The highest BCUT2D eigenvalue weighted by molar-refractivity contribution is 14.1. The molecule has 70 valence electrons. The molecule has 0 aliphatic heterocycles. The number of rotatable bonds is 1. The third-order valence-electron chi connectivity index (χ3n) is 1.41. The third-order valence-corrected chi connectivity index (χ3v) is 6.83. The Morgan fingerprint density at radius 1 is 1.23 bits per heavy atom. The summed E-state index contributed by atoms with van der Waals surface area (Å²) < 4.78 is 2.55. The Morgan fingerprint density at radius 2 is 1.77 bits per heavy atom. The summed E-state index contributed by atoms with van der Waals surface area (Å²) in [6, 6.07) is 1.49. The van der Waals surface area contributed by atoms with Crippen molar-refractivity contribution in [1.29, 1.82) is 0 Å². The lowest BCUT2D eigenvalue weighted by atomic mass is 10.2. The van der Waals surface area contributed by atoms with Crippen molar-refractivity contribution in [3.63, 3.8) is 0 Å². The van der Waals surface area contributed by atoms with Crippen molar-refractivity contribution in [2.24, 2.45) is 0 Å². The molecular formula is C7H4I3NO2. The predicted octanol–water partition coefficient (Wildman–Crippen LogP) is 2.78. The van der Waals surface area contributed by atoms with E-state index in [1.165, 1.54) is 6.07 Å². The maximum Gasteiger partial charge on any atom is 0.336 e. The van der Waals surface area contributed by atoms with E-state index in [0.717, 1.165) is 10.7 Å². The van der Waals surface area contributed by atoms with Crippen LogP contribution in [0.3, 0.4) is 0 Å². The van der Waals surface area contributed by atoms with Crippen LogP contribution in [0.15, 0.2) is 6.07 Å². The summed E-state index contributed by atoms with van der Waals surface area (Å²) >= 11 is 6.21. The van der Waals surface area contributed by atoms with E-state index in [2.05, 4.69) is 45.2 Å². The van der Waals surface area contributed by atoms with Crippen LogP contribution in [0, 0.1) is 10.7 Å². The van der Waals surface area contributed by atoms with E-state index in [0.29, 0.717) is 5.69 Å². The van der Waals surface area contributed by atoms with Gasteiger partial charge in [0.25, 0.3) is 0 Å². The fourth-order valence-electron chi connectivity index (χ4n) is 0.779. The number of aromatic carboxylic acids is 1. The molecule has 0 bridgehead atoms. The number of carbonyl (C=O) groups is 1. The summed E-state index contributed by atoms with van der Waals surface area (Å²) in [6.07, 6.45) is 0. The van der Waals surface area contributed by atoms with Gasteiger partial charge in [-0.3, -0.25) is 0 Å². The van der Waals surface area contributed by atoms with Gasteiger partial charge in [-0.15, -0.1) is 0 Å². The zero-order valence-corrected chi connectivity index (χ0v) is 12.6. The second-order valence-electron chi connectivity index (χ2n) is 2.26. The lowest BCUT2D eigenvalue weighted by molar-refractivity contribution is 0.0695. The van der Waals surface area contributed by atoms with Crippen LogP contribution in [-0.2, 0) is 0 Å². The number of halogens is 3. The van der Waals surface area contributed by atoms with Gasteiger partial charge in [-0.2, -0.15) is 0 Å². The van der Waals surface area contributed by atoms with Crippen LogP contribution in [0.2, 0.25) is 0 Å². The van der Waals surface area contributed by atoms with E-state index < -0.39 is 5.97 Å². The van der Waals surface area contributed by atoms with Crippen LogP contribution in [0.5, 0.6) is 0 Å². The standard InChI is InChI=1S/C7H4I3NO2/c8-4-2(7(12)13)1-3(11)5(9)6(4)10/h1H,11H2,(H,12,13). The molecule has 0 fully saturated rings. The van der Waals surface area contributed by atoms with Gasteiger partial charge in [0.15, 0.2) is 0 Å². The van der Waals surface area contributed by atoms with Gasteiger partial charge in [-0.1, -0.05) is 0 Å². The zero-order chi connectivity index (χ0) is 10.2. The summed E-state index contributed by atoms with van der Waals surface area (Å²) in [5, 5.41) is 8.84. The number of nitrogen functional groups attached to an aromatic ring is 1.